The standard InChI is InChI=1S/C14H13Cl2O2PS/c1-2-17-19(20,11-7-4-3-5-8-11)18-13-10-6-9-12(15)14(13)16/h3-10H,2H2,1H3. The fourth-order valence-corrected chi connectivity index (χ4v) is 4.52. The molecule has 106 valence electrons. The molecule has 1 atom stereocenters. The molecule has 2 aromatic rings. The van der Waals surface area contributed by atoms with E-state index in [4.69, 9.17) is 44.1 Å². The van der Waals surface area contributed by atoms with Crippen molar-refractivity contribution in [2.24, 2.45) is 0 Å². The second-order valence-corrected chi connectivity index (χ2v) is 8.07. The molecule has 0 radical (unpaired) electrons. The number of benzene rings is 2. The first-order chi connectivity index (χ1) is 9.57. The van der Waals surface area contributed by atoms with E-state index in [0.29, 0.717) is 22.4 Å². The second kappa shape index (κ2) is 6.93. The summed E-state index contributed by atoms with van der Waals surface area (Å²) in [7, 11) is 0. The van der Waals surface area contributed by atoms with Crippen molar-refractivity contribution in [3.8, 4) is 5.75 Å². The van der Waals surface area contributed by atoms with Crippen molar-refractivity contribution in [3.63, 3.8) is 0 Å². The van der Waals surface area contributed by atoms with Gasteiger partial charge < -0.3 is 9.05 Å². The van der Waals surface area contributed by atoms with Gasteiger partial charge in [-0.1, -0.05) is 47.5 Å². The van der Waals surface area contributed by atoms with Gasteiger partial charge in [0.2, 0.25) is 0 Å². The van der Waals surface area contributed by atoms with E-state index in [1.807, 2.05) is 37.3 Å². The highest BCUT2D eigenvalue weighted by Gasteiger charge is 2.24. The molecule has 2 aromatic carbocycles. The Balaban J connectivity index is 2.40. The predicted molar refractivity (Wildman–Crippen MR) is 89.1 cm³/mol. The topological polar surface area (TPSA) is 18.5 Å². The molecule has 20 heavy (non-hydrogen) atoms. The highest BCUT2D eigenvalue weighted by Crippen LogP contribution is 2.49. The minimum absolute atomic E-state index is 0.346. The molecule has 0 bridgehead atoms. The van der Waals surface area contributed by atoms with Crippen molar-refractivity contribution >= 4 is 46.8 Å². The summed E-state index contributed by atoms with van der Waals surface area (Å²) in [5, 5.41) is 1.61. The van der Waals surface area contributed by atoms with Crippen LogP contribution in [0.3, 0.4) is 0 Å². The van der Waals surface area contributed by atoms with Crippen LogP contribution >= 0.6 is 29.7 Å². The predicted octanol–water partition coefficient (Wildman–Crippen LogP) is 5.04. The third-order valence-electron chi connectivity index (χ3n) is 2.51. The fraction of sp³-hybridized carbons (Fsp3) is 0.143. The number of rotatable bonds is 5. The summed E-state index contributed by atoms with van der Waals surface area (Å²) in [6, 6.07) is 14.7. The Morgan fingerprint density at radius 1 is 1.05 bits per heavy atom. The summed E-state index contributed by atoms with van der Waals surface area (Å²) < 4.78 is 11.6. The zero-order valence-corrected chi connectivity index (χ0v) is 14.0. The number of hydrogen-bond acceptors (Lipinski definition) is 3. The van der Waals surface area contributed by atoms with E-state index in [1.165, 1.54) is 0 Å². The van der Waals surface area contributed by atoms with Crippen LogP contribution in [0.2, 0.25) is 10.0 Å². The van der Waals surface area contributed by atoms with Crippen LogP contribution < -0.4 is 9.83 Å². The Morgan fingerprint density at radius 2 is 1.75 bits per heavy atom. The highest BCUT2D eigenvalue weighted by molar-refractivity contribution is 8.13. The van der Waals surface area contributed by atoms with E-state index in [1.54, 1.807) is 18.2 Å². The van der Waals surface area contributed by atoms with E-state index in [-0.39, 0.29) is 0 Å². The van der Waals surface area contributed by atoms with Gasteiger partial charge in [0.1, 0.15) is 10.8 Å². The van der Waals surface area contributed by atoms with Gasteiger partial charge >= 0.3 is 0 Å². The van der Waals surface area contributed by atoms with Crippen LogP contribution in [0.5, 0.6) is 5.75 Å². The van der Waals surface area contributed by atoms with Crippen LogP contribution in [0.15, 0.2) is 48.5 Å². The smallest absolute Gasteiger partial charge is 0.269 e. The van der Waals surface area contributed by atoms with Gasteiger partial charge in [0, 0.05) is 5.30 Å². The molecule has 0 N–H and O–H groups in total. The lowest BCUT2D eigenvalue weighted by molar-refractivity contribution is 0.339. The number of hydrogen-bond donors (Lipinski definition) is 0. The lowest BCUT2D eigenvalue weighted by Gasteiger charge is -2.23. The van der Waals surface area contributed by atoms with Crippen molar-refractivity contribution in [2.75, 3.05) is 6.61 Å². The molecule has 0 aliphatic rings. The monoisotopic (exact) mass is 346 g/mol. The Kier molecular flexibility index (Phi) is 5.48. The molecular weight excluding hydrogens is 334 g/mol. The van der Waals surface area contributed by atoms with Crippen molar-refractivity contribution in [2.45, 2.75) is 6.92 Å². The van der Waals surface area contributed by atoms with Crippen molar-refractivity contribution < 1.29 is 9.05 Å². The maximum Gasteiger partial charge on any atom is 0.269 e. The Labute approximate surface area is 133 Å². The maximum atomic E-state index is 6.15. The van der Waals surface area contributed by atoms with Crippen molar-refractivity contribution in [1.29, 1.82) is 0 Å². The van der Waals surface area contributed by atoms with Gasteiger partial charge in [-0.05, 0) is 43.0 Å². The first kappa shape index (κ1) is 15.8. The summed E-state index contributed by atoms with van der Waals surface area (Å²) in [5.41, 5.74) is 0. The largest absolute Gasteiger partial charge is 0.439 e. The van der Waals surface area contributed by atoms with Gasteiger partial charge in [0.05, 0.1) is 11.6 Å². The highest BCUT2D eigenvalue weighted by atomic mass is 35.5. The van der Waals surface area contributed by atoms with Crippen LogP contribution in [0.1, 0.15) is 6.92 Å². The van der Waals surface area contributed by atoms with Gasteiger partial charge in [-0.2, -0.15) is 0 Å². The normalized spacial score (nSPS) is 13.8. The van der Waals surface area contributed by atoms with Crippen molar-refractivity contribution in [3.05, 3.63) is 58.6 Å². The lowest BCUT2D eigenvalue weighted by Crippen LogP contribution is -2.12. The summed E-state index contributed by atoms with van der Waals surface area (Å²) >= 11 is 17.8. The molecule has 0 spiro atoms. The van der Waals surface area contributed by atoms with Crippen LogP contribution in [-0.2, 0) is 16.3 Å². The van der Waals surface area contributed by atoms with Gasteiger partial charge in [0.15, 0.2) is 0 Å². The van der Waals surface area contributed by atoms with Crippen LogP contribution in [-0.4, -0.2) is 6.61 Å². The summed E-state index contributed by atoms with van der Waals surface area (Å²) in [6.45, 7) is -0.306. The molecule has 0 aliphatic carbocycles. The molecule has 1 unspecified atom stereocenters. The minimum atomic E-state index is -2.65. The first-order valence-electron chi connectivity index (χ1n) is 6.00. The van der Waals surface area contributed by atoms with Crippen molar-refractivity contribution in [1.82, 2.24) is 0 Å². The molecule has 2 nitrogen and oxygen atoms in total. The van der Waals surface area contributed by atoms with Crippen LogP contribution in [0, 0.1) is 0 Å². The second-order valence-electron chi connectivity index (χ2n) is 3.89. The molecule has 6 heteroatoms. The minimum Gasteiger partial charge on any atom is -0.439 e. The number of halogens is 2. The molecule has 0 heterocycles. The summed E-state index contributed by atoms with van der Waals surface area (Å²) in [5.74, 6) is 0.444. The fourth-order valence-electron chi connectivity index (χ4n) is 1.62. The van der Waals surface area contributed by atoms with Gasteiger partial charge in [-0.25, -0.2) is 0 Å². The van der Waals surface area contributed by atoms with Crippen LogP contribution in [0.4, 0.5) is 0 Å². The zero-order valence-electron chi connectivity index (χ0n) is 10.8. The molecule has 0 saturated heterocycles. The Hall–Kier alpha value is -0.570. The van der Waals surface area contributed by atoms with Crippen LogP contribution in [0.25, 0.3) is 0 Å². The quantitative estimate of drug-likeness (QED) is 0.706. The molecule has 0 amide bonds. The molecule has 0 fully saturated rings. The molecule has 0 aromatic heterocycles. The maximum absolute atomic E-state index is 6.15. The van der Waals surface area contributed by atoms with Gasteiger partial charge in [-0.15, -0.1) is 0 Å². The average Bonchev–Trinajstić information content (AvgIpc) is 2.45. The third kappa shape index (κ3) is 3.55. The van der Waals surface area contributed by atoms with Gasteiger partial charge in [-0.3, -0.25) is 0 Å². The van der Waals surface area contributed by atoms with E-state index >= 15 is 0 Å². The Bertz CT molecular complexity index is 634. The molecular formula is C14H13Cl2O2PS. The molecule has 0 aliphatic heterocycles. The zero-order chi connectivity index (χ0) is 14.6. The van der Waals surface area contributed by atoms with E-state index < -0.39 is 6.49 Å². The summed E-state index contributed by atoms with van der Waals surface area (Å²) in [4.78, 5) is 0. The van der Waals surface area contributed by atoms with Gasteiger partial charge in [0.25, 0.3) is 6.49 Å². The SMILES string of the molecule is CCOP(=S)(Oc1cccc(Cl)c1Cl)c1ccccc1. The average molecular weight is 347 g/mol. The lowest BCUT2D eigenvalue weighted by atomic mass is 10.3. The molecule has 2 rings (SSSR count). The Morgan fingerprint density at radius 3 is 2.40 bits per heavy atom. The molecule has 0 saturated carbocycles. The summed E-state index contributed by atoms with van der Waals surface area (Å²) in [6.07, 6.45) is 0. The van der Waals surface area contributed by atoms with E-state index in [2.05, 4.69) is 0 Å². The third-order valence-corrected chi connectivity index (χ3v) is 6.45. The van der Waals surface area contributed by atoms with E-state index in [0.717, 1.165) is 5.30 Å². The van der Waals surface area contributed by atoms with E-state index in [9.17, 15) is 0 Å². The first-order valence-corrected chi connectivity index (χ1v) is 9.40.